The molecular weight excluding hydrogens is 230 g/mol. The zero-order chi connectivity index (χ0) is 12.3. The number of hydrogen-bond donors (Lipinski definition) is 0. The van der Waals surface area contributed by atoms with E-state index in [1.807, 2.05) is 36.3 Å². The lowest BCUT2D eigenvalue weighted by molar-refractivity contribution is -0.127. The molecule has 0 N–H and O–H groups in total. The molecule has 2 unspecified atom stereocenters. The molecule has 0 spiro atoms. The van der Waals surface area contributed by atoms with Gasteiger partial charge in [-0.2, -0.15) is 11.8 Å². The van der Waals surface area contributed by atoms with Crippen molar-refractivity contribution in [1.82, 2.24) is 4.98 Å². The van der Waals surface area contributed by atoms with Crippen molar-refractivity contribution in [3.63, 3.8) is 0 Å². The summed E-state index contributed by atoms with van der Waals surface area (Å²) < 4.78 is 0. The first-order valence-electron chi connectivity index (χ1n) is 6.14. The van der Waals surface area contributed by atoms with Crippen LogP contribution in [0, 0.1) is 5.41 Å². The first-order chi connectivity index (χ1) is 8.10. The monoisotopic (exact) mass is 249 g/mol. The molecule has 0 radical (unpaired) electrons. The lowest BCUT2D eigenvalue weighted by Gasteiger charge is -2.34. The van der Waals surface area contributed by atoms with Crippen LogP contribution in [0.2, 0.25) is 0 Å². The Balaban J connectivity index is 1.96. The van der Waals surface area contributed by atoms with Crippen LogP contribution in [0.3, 0.4) is 0 Å². The molecule has 17 heavy (non-hydrogen) atoms. The summed E-state index contributed by atoms with van der Waals surface area (Å²) in [6.07, 6.45) is 6.29. The van der Waals surface area contributed by atoms with Gasteiger partial charge >= 0.3 is 0 Å². The number of thioether (sulfide) groups is 1. The van der Waals surface area contributed by atoms with Crippen LogP contribution in [-0.2, 0) is 11.2 Å². The maximum atomic E-state index is 12.1. The van der Waals surface area contributed by atoms with Gasteiger partial charge in [0.2, 0.25) is 0 Å². The fraction of sp³-hybridized carbons (Fsp3) is 0.571. The van der Waals surface area contributed by atoms with Gasteiger partial charge in [0.1, 0.15) is 5.78 Å². The predicted molar refractivity (Wildman–Crippen MR) is 72.2 cm³/mol. The summed E-state index contributed by atoms with van der Waals surface area (Å²) in [4.78, 5) is 16.1. The van der Waals surface area contributed by atoms with Gasteiger partial charge in [-0.15, -0.1) is 0 Å². The third-order valence-electron chi connectivity index (χ3n) is 3.55. The molecule has 1 saturated heterocycles. The predicted octanol–water partition coefficient (Wildman–Crippen LogP) is 3.12. The van der Waals surface area contributed by atoms with Crippen molar-refractivity contribution in [2.75, 3.05) is 5.75 Å². The van der Waals surface area contributed by atoms with E-state index in [4.69, 9.17) is 0 Å². The molecule has 1 fully saturated rings. The van der Waals surface area contributed by atoms with E-state index in [0.717, 1.165) is 25.0 Å². The average molecular weight is 249 g/mol. The van der Waals surface area contributed by atoms with E-state index < -0.39 is 0 Å². The van der Waals surface area contributed by atoms with E-state index in [-0.39, 0.29) is 5.41 Å². The molecule has 92 valence electrons. The van der Waals surface area contributed by atoms with Crippen LogP contribution >= 0.6 is 11.8 Å². The maximum absolute atomic E-state index is 12.1. The number of carbonyl (C=O) groups excluding carboxylic acids is 1. The lowest BCUT2D eigenvalue weighted by atomic mass is 9.80. The molecular formula is C14H19NOS. The minimum Gasteiger partial charge on any atom is -0.299 e. The average Bonchev–Trinajstić information content (AvgIpc) is 2.34. The molecule has 1 aliphatic heterocycles. The van der Waals surface area contributed by atoms with Gasteiger partial charge in [0, 0.05) is 35.2 Å². The van der Waals surface area contributed by atoms with Crippen molar-refractivity contribution in [1.29, 1.82) is 0 Å². The molecule has 3 heteroatoms. The summed E-state index contributed by atoms with van der Waals surface area (Å²) in [7, 11) is 0. The minimum absolute atomic E-state index is 0.125. The van der Waals surface area contributed by atoms with E-state index in [1.165, 1.54) is 5.56 Å². The second kappa shape index (κ2) is 5.21. The Morgan fingerprint density at radius 2 is 2.18 bits per heavy atom. The molecule has 1 aromatic heterocycles. The van der Waals surface area contributed by atoms with Gasteiger partial charge in [0.15, 0.2) is 0 Å². The number of aryl methyl sites for hydroxylation is 1. The lowest BCUT2D eigenvalue weighted by Crippen LogP contribution is -2.37. The van der Waals surface area contributed by atoms with Crippen molar-refractivity contribution >= 4 is 17.5 Å². The second-order valence-corrected chi connectivity index (χ2v) is 6.59. The van der Waals surface area contributed by atoms with Crippen LogP contribution in [0.15, 0.2) is 24.5 Å². The molecule has 2 nitrogen and oxygen atoms in total. The number of aromatic nitrogens is 1. The van der Waals surface area contributed by atoms with Crippen molar-refractivity contribution in [2.24, 2.45) is 5.41 Å². The summed E-state index contributed by atoms with van der Waals surface area (Å²) in [6.45, 7) is 4.26. The first-order valence-corrected chi connectivity index (χ1v) is 7.19. The number of nitrogens with zero attached hydrogens (tertiary/aromatic N) is 1. The Morgan fingerprint density at radius 3 is 2.82 bits per heavy atom. The molecule has 0 aliphatic carbocycles. The summed E-state index contributed by atoms with van der Waals surface area (Å²) in [5, 5.41) is 0.497. The highest BCUT2D eigenvalue weighted by Crippen LogP contribution is 2.38. The smallest absolute Gasteiger partial charge is 0.140 e. The van der Waals surface area contributed by atoms with Crippen LogP contribution < -0.4 is 0 Å². The Bertz CT molecular complexity index is 392. The van der Waals surface area contributed by atoms with Crippen molar-refractivity contribution in [2.45, 2.75) is 38.4 Å². The standard InChI is InChI=1S/C14H19NOS/c1-11-9-13(16)14(2,10-17-11)6-3-12-4-7-15-8-5-12/h4-5,7-8,11H,3,6,9-10H2,1-2H3. The second-order valence-electron chi connectivity index (χ2n) is 5.17. The van der Waals surface area contributed by atoms with E-state index in [1.54, 1.807) is 0 Å². The molecule has 2 atom stereocenters. The highest BCUT2D eigenvalue weighted by Gasteiger charge is 2.37. The normalized spacial score (nSPS) is 29.3. The molecule has 1 aromatic rings. The molecule has 0 amide bonds. The van der Waals surface area contributed by atoms with E-state index >= 15 is 0 Å². The summed E-state index contributed by atoms with van der Waals surface area (Å²) in [5.41, 5.74) is 1.15. The van der Waals surface area contributed by atoms with E-state index in [2.05, 4.69) is 18.8 Å². The van der Waals surface area contributed by atoms with Crippen molar-refractivity contribution < 1.29 is 4.79 Å². The van der Waals surface area contributed by atoms with Gasteiger partial charge in [-0.25, -0.2) is 0 Å². The van der Waals surface area contributed by atoms with Crippen molar-refractivity contribution in [3.8, 4) is 0 Å². The van der Waals surface area contributed by atoms with Crippen LogP contribution in [0.25, 0.3) is 0 Å². The molecule has 0 bridgehead atoms. The highest BCUT2D eigenvalue weighted by molar-refractivity contribution is 8.00. The van der Waals surface area contributed by atoms with Crippen LogP contribution in [0.5, 0.6) is 0 Å². The Labute approximate surface area is 107 Å². The quantitative estimate of drug-likeness (QED) is 0.824. The van der Waals surface area contributed by atoms with E-state index in [0.29, 0.717) is 11.0 Å². The summed E-state index contributed by atoms with van der Waals surface area (Å²) >= 11 is 1.93. The van der Waals surface area contributed by atoms with Crippen LogP contribution in [-0.4, -0.2) is 21.8 Å². The fourth-order valence-electron chi connectivity index (χ4n) is 2.15. The zero-order valence-electron chi connectivity index (χ0n) is 10.5. The summed E-state index contributed by atoms with van der Waals surface area (Å²) in [6, 6.07) is 4.07. The number of rotatable bonds is 3. The summed E-state index contributed by atoms with van der Waals surface area (Å²) in [5.74, 6) is 1.41. The third kappa shape index (κ3) is 3.09. The third-order valence-corrected chi connectivity index (χ3v) is 5.09. The largest absolute Gasteiger partial charge is 0.299 e. The van der Waals surface area contributed by atoms with Gasteiger partial charge in [-0.3, -0.25) is 9.78 Å². The molecule has 1 aliphatic rings. The molecule has 2 rings (SSSR count). The van der Waals surface area contributed by atoms with Gasteiger partial charge in [-0.05, 0) is 30.5 Å². The Hall–Kier alpha value is -0.830. The number of ketones is 1. The van der Waals surface area contributed by atoms with Crippen LogP contribution in [0.1, 0.15) is 32.3 Å². The maximum Gasteiger partial charge on any atom is 0.140 e. The number of pyridine rings is 1. The molecule has 0 aromatic carbocycles. The Morgan fingerprint density at radius 1 is 1.47 bits per heavy atom. The zero-order valence-corrected chi connectivity index (χ0v) is 11.3. The van der Waals surface area contributed by atoms with Gasteiger partial charge < -0.3 is 0 Å². The number of hydrogen-bond acceptors (Lipinski definition) is 3. The van der Waals surface area contributed by atoms with Crippen molar-refractivity contribution in [3.05, 3.63) is 30.1 Å². The topological polar surface area (TPSA) is 30.0 Å². The number of carbonyl (C=O) groups is 1. The molecule has 0 saturated carbocycles. The van der Waals surface area contributed by atoms with Gasteiger partial charge in [0.05, 0.1) is 0 Å². The fourth-order valence-corrected chi connectivity index (χ4v) is 3.38. The SMILES string of the molecule is CC1CC(=O)C(C)(CCc2ccncc2)CS1. The minimum atomic E-state index is -0.125. The van der Waals surface area contributed by atoms with Gasteiger partial charge in [0.25, 0.3) is 0 Å². The van der Waals surface area contributed by atoms with E-state index in [9.17, 15) is 4.79 Å². The van der Waals surface area contributed by atoms with Gasteiger partial charge in [-0.1, -0.05) is 13.8 Å². The highest BCUT2D eigenvalue weighted by atomic mass is 32.2. The number of Topliss-reactive ketones (excluding diaryl/α,β-unsaturated/α-hetero) is 1. The first kappa shape index (κ1) is 12.6. The molecule has 2 heterocycles. The Kier molecular flexibility index (Phi) is 3.87. The van der Waals surface area contributed by atoms with Crippen LogP contribution in [0.4, 0.5) is 0 Å².